The lowest BCUT2D eigenvalue weighted by molar-refractivity contribution is 0.151. The summed E-state index contributed by atoms with van der Waals surface area (Å²) in [6, 6.07) is 5.92. The van der Waals surface area contributed by atoms with Crippen molar-refractivity contribution in [2.24, 2.45) is 0 Å². The molecule has 0 radical (unpaired) electrons. The van der Waals surface area contributed by atoms with E-state index < -0.39 is 0 Å². The average Bonchev–Trinajstić information content (AvgIpc) is 2.39. The molecule has 0 spiro atoms. The monoisotopic (exact) mass is 264 g/mol. The number of aromatic nitrogens is 1. The number of piperazine rings is 1. The summed E-state index contributed by atoms with van der Waals surface area (Å²) in [6.07, 6.45) is 2.53. The van der Waals surface area contributed by atoms with Gasteiger partial charge in [-0.25, -0.2) is 0 Å². The van der Waals surface area contributed by atoms with Crippen molar-refractivity contribution in [2.75, 3.05) is 39.9 Å². The molecule has 2 rings (SSSR count). The van der Waals surface area contributed by atoms with Gasteiger partial charge < -0.3 is 10.2 Å². The predicted molar refractivity (Wildman–Crippen MR) is 77.6 cm³/mol. The van der Waals surface area contributed by atoms with Gasteiger partial charge in [0.15, 0.2) is 0 Å². The molecule has 1 aliphatic rings. The van der Waals surface area contributed by atoms with Gasteiger partial charge in [0.2, 0.25) is 0 Å². The van der Waals surface area contributed by atoms with Crippen LogP contribution in [0.5, 0.6) is 0 Å². The minimum absolute atomic E-state index is 0.726. The molecular formula is C13H20N4S. The van der Waals surface area contributed by atoms with E-state index in [0.29, 0.717) is 0 Å². The van der Waals surface area contributed by atoms with Gasteiger partial charge in [0.25, 0.3) is 0 Å². The van der Waals surface area contributed by atoms with E-state index in [1.54, 1.807) is 6.20 Å². The van der Waals surface area contributed by atoms with Gasteiger partial charge in [0, 0.05) is 44.5 Å². The lowest BCUT2D eigenvalue weighted by atomic mass is 10.3. The first-order chi connectivity index (χ1) is 8.74. The van der Waals surface area contributed by atoms with Crippen LogP contribution in [0.25, 0.3) is 0 Å². The van der Waals surface area contributed by atoms with Gasteiger partial charge in [-0.15, -0.1) is 0 Å². The molecule has 5 heteroatoms. The number of nitrogens with zero attached hydrogens (tertiary/aromatic N) is 3. The van der Waals surface area contributed by atoms with Crippen molar-refractivity contribution in [2.45, 2.75) is 6.42 Å². The highest BCUT2D eigenvalue weighted by Crippen LogP contribution is 1.99. The molecule has 0 amide bonds. The summed E-state index contributed by atoms with van der Waals surface area (Å²) in [5.41, 5.74) is 1.02. The Morgan fingerprint density at radius 3 is 2.78 bits per heavy atom. The summed E-state index contributed by atoms with van der Waals surface area (Å²) in [7, 11) is 2.16. The van der Waals surface area contributed by atoms with Crippen molar-refractivity contribution >= 4 is 17.2 Å². The molecule has 98 valence electrons. The molecule has 1 fully saturated rings. The fourth-order valence-corrected chi connectivity index (χ4v) is 2.15. The highest BCUT2D eigenvalue weighted by molar-refractivity contribution is 7.80. The zero-order valence-corrected chi connectivity index (χ0v) is 11.6. The number of rotatable bonds is 4. The van der Waals surface area contributed by atoms with Gasteiger partial charge in [-0.3, -0.25) is 9.88 Å². The van der Waals surface area contributed by atoms with Gasteiger partial charge >= 0.3 is 0 Å². The molecule has 1 saturated heterocycles. The SMILES string of the molecule is CN1CCN(CNC(=S)Cc2ccccn2)CC1. The molecule has 0 bridgehead atoms. The second-order valence-electron chi connectivity index (χ2n) is 4.68. The molecule has 4 nitrogen and oxygen atoms in total. The van der Waals surface area contributed by atoms with E-state index in [9.17, 15) is 0 Å². The molecule has 2 heterocycles. The molecule has 1 aromatic rings. The minimum Gasteiger partial charge on any atom is -0.367 e. The van der Waals surface area contributed by atoms with Crippen LogP contribution in [0.2, 0.25) is 0 Å². The number of pyridine rings is 1. The molecule has 0 atom stereocenters. The van der Waals surface area contributed by atoms with E-state index in [-0.39, 0.29) is 0 Å². The van der Waals surface area contributed by atoms with Crippen LogP contribution in [0.4, 0.5) is 0 Å². The van der Waals surface area contributed by atoms with Crippen LogP contribution in [0.3, 0.4) is 0 Å². The lowest BCUT2D eigenvalue weighted by Gasteiger charge is -2.32. The van der Waals surface area contributed by atoms with E-state index in [2.05, 4.69) is 27.1 Å². The van der Waals surface area contributed by atoms with Crippen LogP contribution in [-0.4, -0.2) is 59.7 Å². The van der Waals surface area contributed by atoms with Crippen molar-refractivity contribution in [3.63, 3.8) is 0 Å². The van der Waals surface area contributed by atoms with Crippen LogP contribution < -0.4 is 5.32 Å². The fraction of sp³-hybridized carbons (Fsp3) is 0.538. The van der Waals surface area contributed by atoms with Crippen molar-refractivity contribution in [1.29, 1.82) is 0 Å². The van der Waals surface area contributed by atoms with E-state index in [0.717, 1.165) is 50.0 Å². The molecule has 0 aromatic carbocycles. The Hall–Kier alpha value is -1.04. The maximum Gasteiger partial charge on any atom is 0.0823 e. The van der Waals surface area contributed by atoms with Gasteiger partial charge in [0.05, 0.1) is 11.7 Å². The third-order valence-electron chi connectivity index (χ3n) is 3.16. The topological polar surface area (TPSA) is 31.4 Å². The zero-order valence-electron chi connectivity index (χ0n) is 10.8. The van der Waals surface area contributed by atoms with Crippen molar-refractivity contribution in [3.8, 4) is 0 Å². The number of hydrogen-bond acceptors (Lipinski definition) is 4. The summed E-state index contributed by atoms with van der Waals surface area (Å²) in [6.45, 7) is 5.33. The van der Waals surface area contributed by atoms with E-state index in [4.69, 9.17) is 12.2 Å². The normalized spacial score (nSPS) is 17.6. The quantitative estimate of drug-likeness (QED) is 0.811. The maximum atomic E-state index is 5.34. The summed E-state index contributed by atoms with van der Waals surface area (Å²) < 4.78 is 0. The smallest absolute Gasteiger partial charge is 0.0823 e. The molecule has 18 heavy (non-hydrogen) atoms. The second kappa shape index (κ2) is 6.78. The highest BCUT2D eigenvalue weighted by atomic mass is 32.1. The lowest BCUT2D eigenvalue weighted by Crippen LogP contribution is -2.48. The Morgan fingerprint density at radius 1 is 1.33 bits per heavy atom. The van der Waals surface area contributed by atoms with Crippen LogP contribution in [-0.2, 0) is 6.42 Å². The van der Waals surface area contributed by atoms with Crippen LogP contribution in [0, 0.1) is 0 Å². The third-order valence-corrected chi connectivity index (χ3v) is 3.45. The Morgan fingerprint density at radius 2 is 2.11 bits per heavy atom. The Bertz CT molecular complexity index is 374. The second-order valence-corrected chi connectivity index (χ2v) is 5.17. The van der Waals surface area contributed by atoms with Crippen LogP contribution in [0.1, 0.15) is 5.69 Å². The van der Waals surface area contributed by atoms with Crippen LogP contribution >= 0.6 is 12.2 Å². The summed E-state index contributed by atoms with van der Waals surface area (Å²) in [4.78, 5) is 9.89. The molecule has 0 aliphatic carbocycles. The summed E-state index contributed by atoms with van der Waals surface area (Å²) in [5.74, 6) is 0. The number of nitrogens with one attached hydrogen (secondary N) is 1. The average molecular weight is 264 g/mol. The van der Waals surface area contributed by atoms with Crippen LogP contribution in [0.15, 0.2) is 24.4 Å². The van der Waals surface area contributed by atoms with Crippen molar-refractivity contribution in [1.82, 2.24) is 20.1 Å². The summed E-state index contributed by atoms with van der Waals surface area (Å²) in [5, 5.41) is 3.31. The van der Waals surface area contributed by atoms with E-state index >= 15 is 0 Å². The Labute approximate surface area is 114 Å². The first-order valence-corrected chi connectivity index (χ1v) is 6.72. The number of likely N-dealkylation sites (N-methyl/N-ethyl adjacent to an activating group) is 1. The maximum absolute atomic E-state index is 5.34. The molecule has 1 N–H and O–H groups in total. The van der Waals surface area contributed by atoms with Gasteiger partial charge in [-0.1, -0.05) is 18.3 Å². The Kier molecular flexibility index (Phi) is 5.04. The van der Waals surface area contributed by atoms with E-state index in [1.807, 2.05) is 18.2 Å². The molecular weight excluding hydrogens is 244 g/mol. The number of hydrogen-bond donors (Lipinski definition) is 1. The molecule has 1 aromatic heterocycles. The van der Waals surface area contributed by atoms with Gasteiger partial charge in [-0.2, -0.15) is 0 Å². The summed E-state index contributed by atoms with van der Waals surface area (Å²) >= 11 is 5.34. The highest BCUT2D eigenvalue weighted by Gasteiger charge is 2.13. The minimum atomic E-state index is 0.726. The molecule has 0 saturated carbocycles. The van der Waals surface area contributed by atoms with Gasteiger partial charge in [-0.05, 0) is 19.2 Å². The van der Waals surface area contributed by atoms with Gasteiger partial charge in [0.1, 0.15) is 0 Å². The Balaban J connectivity index is 1.69. The molecule has 1 aliphatic heterocycles. The van der Waals surface area contributed by atoms with Crippen molar-refractivity contribution in [3.05, 3.63) is 30.1 Å². The predicted octanol–water partition coefficient (Wildman–Crippen LogP) is 0.746. The molecule has 0 unspecified atom stereocenters. The first kappa shape index (κ1) is 13.4. The largest absolute Gasteiger partial charge is 0.367 e. The first-order valence-electron chi connectivity index (χ1n) is 6.31. The number of thiocarbonyl (C=S) groups is 1. The van der Waals surface area contributed by atoms with Crippen molar-refractivity contribution < 1.29 is 0 Å². The fourth-order valence-electron chi connectivity index (χ4n) is 1.94. The zero-order chi connectivity index (χ0) is 12.8. The van der Waals surface area contributed by atoms with E-state index in [1.165, 1.54) is 0 Å². The standard InChI is InChI=1S/C13H20N4S/c1-16-6-8-17(9-7-16)11-15-13(18)10-12-4-2-3-5-14-12/h2-5H,6-11H2,1H3,(H,15,18). The third kappa shape index (κ3) is 4.33.